The van der Waals surface area contributed by atoms with Crippen molar-refractivity contribution < 1.29 is 9.90 Å². The summed E-state index contributed by atoms with van der Waals surface area (Å²) in [4.78, 5) is 10.8. The van der Waals surface area contributed by atoms with Crippen molar-refractivity contribution in [3.63, 3.8) is 0 Å². The lowest BCUT2D eigenvalue weighted by Crippen LogP contribution is -2.18. The number of carbonyl (C=O) groups is 1. The highest BCUT2D eigenvalue weighted by molar-refractivity contribution is 5.75. The van der Waals surface area contributed by atoms with Crippen molar-refractivity contribution in [2.75, 3.05) is 6.54 Å². The molecule has 0 aliphatic rings. The van der Waals surface area contributed by atoms with E-state index >= 15 is 0 Å². The van der Waals surface area contributed by atoms with E-state index in [1.54, 1.807) is 6.92 Å². The molecule has 1 rings (SSSR count). The molecule has 1 aromatic rings. The van der Waals surface area contributed by atoms with Gasteiger partial charge in [0.05, 0.1) is 5.92 Å². The van der Waals surface area contributed by atoms with Crippen LogP contribution in [0.2, 0.25) is 0 Å². The van der Waals surface area contributed by atoms with Gasteiger partial charge >= 0.3 is 5.97 Å². The summed E-state index contributed by atoms with van der Waals surface area (Å²) in [5.41, 5.74) is 2.04. The monoisotopic (exact) mass is 235 g/mol. The number of hydrogen-bond donors (Lipinski definition) is 2. The summed E-state index contributed by atoms with van der Waals surface area (Å²) in [6.45, 7) is 7.87. The molecule has 0 aromatic heterocycles. The molecule has 1 aromatic carbocycles. The van der Waals surface area contributed by atoms with Crippen molar-refractivity contribution in [1.29, 1.82) is 0 Å². The van der Waals surface area contributed by atoms with Crippen LogP contribution in [0.4, 0.5) is 0 Å². The molecule has 0 aliphatic carbocycles. The number of rotatable bonds is 6. The Bertz CT molecular complexity index is 357. The van der Waals surface area contributed by atoms with E-state index in [2.05, 4.69) is 19.2 Å². The summed E-state index contributed by atoms with van der Waals surface area (Å²) in [7, 11) is 0. The van der Waals surface area contributed by atoms with Gasteiger partial charge < -0.3 is 10.4 Å². The van der Waals surface area contributed by atoms with Gasteiger partial charge in [0.25, 0.3) is 0 Å². The van der Waals surface area contributed by atoms with Crippen LogP contribution in [0.5, 0.6) is 0 Å². The Morgan fingerprint density at radius 1 is 1.24 bits per heavy atom. The van der Waals surface area contributed by atoms with E-state index in [0.717, 1.165) is 18.7 Å². The molecular weight excluding hydrogens is 214 g/mol. The zero-order chi connectivity index (χ0) is 12.8. The fourth-order valence-corrected chi connectivity index (χ4v) is 1.57. The SMILES string of the molecule is CC(C)CNCc1ccc(C(C)C(=O)O)cc1. The molecule has 2 N–H and O–H groups in total. The van der Waals surface area contributed by atoms with E-state index in [9.17, 15) is 4.79 Å². The Morgan fingerprint density at radius 2 is 1.82 bits per heavy atom. The highest BCUT2D eigenvalue weighted by Gasteiger charge is 2.12. The Balaban J connectivity index is 2.53. The van der Waals surface area contributed by atoms with Crippen molar-refractivity contribution in [1.82, 2.24) is 5.32 Å². The zero-order valence-electron chi connectivity index (χ0n) is 10.7. The van der Waals surface area contributed by atoms with Crippen LogP contribution in [-0.4, -0.2) is 17.6 Å². The summed E-state index contributed by atoms with van der Waals surface area (Å²) >= 11 is 0. The molecule has 17 heavy (non-hydrogen) atoms. The quantitative estimate of drug-likeness (QED) is 0.797. The van der Waals surface area contributed by atoms with Gasteiger partial charge in [-0.1, -0.05) is 38.1 Å². The first kappa shape index (κ1) is 13.7. The maximum absolute atomic E-state index is 10.8. The van der Waals surface area contributed by atoms with Gasteiger partial charge in [0.2, 0.25) is 0 Å². The van der Waals surface area contributed by atoms with Crippen LogP contribution in [0, 0.1) is 5.92 Å². The Labute approximate surface area is 103 Å². The molecule has 0 radical (unpaired) electrons. The van der Waals surface area contributed by atoms with Gasteiger partial charge in [-0.25, -0.2) is 0 Å². The van der Waals surface area contributed by atoms with Crippen LogP contribution in [0.15, 0.2) is 24.3 Å². The third kappa shape index (κ3) is 4.57. The molecule has 0 saturated carbocycles. The molecule has 0 amide bonds. The van der Waals surface area contributed by atoms with Gasteiger partial charge in [-0.15, -0.1) is 0 Å². The lowest BCUT2D eigenvalue weighted by Gasteiger charge is -2.09. The summed E-state index contributed by atoms with van der Waals surface area (Å²) in [5, 5.41) is 12.3. The van der Waals surface area contributed by atoms with E-state index in [0.29, 0.717) is 5.92 Å². The second kappa shape index (κ2) is 6.40. The van der Waals surface area contributed by atoms with E-state index in [-0.39, 0.29) is 0 Å². The molecule has 0 saturated heterocycles. The average molecular weight is 235 g/mol. The molecule has 0 bridgehead atoms. The third-order valence-corrected chi connectivity index (χ3v) is 2.73. The first-order valence-electron chi connectivity index (χ1n) is 6.03. The molecular formula is C14H21NO2. The fourth-order valence-electron chi connectivity index (χ4n) is 1.57. The first-order valence-corrected chi connectivity index (χ1v) is 6.03. The van der Waals surface area contributed by atoms with E-state index in [1.807, 2.05) is 24.3 Å². The van der Waals surface area contributed by atoms with Crippen molar-refractivity contribution in [3.05, 3.63) is 35.4 Å². The van der Waals surface area contributed by atoms with Crippen molar-refractivity contribution in [3.8, 4) is 0 Å². The number of nitrogens with one attached hydrogen (secondary N) is 1. The first-order chi connectivity index (χ1) is 8.00. The smallest absolute Gasteiger partial charge is 0.310 e. The standard InChI is InChI=1S/C14H21NO2/c1-10(2)8-15-9-12-4-6-13(7-5-12)11(3)14(16)17/h4-7,10-11,15H,8-9H2,1-3H3,(H,16,17). The van der Waals surface area contributed by atoms with Crippen LogP contribution in [0.3, 0.4) is 0 Å². The number of carboxylic acids is 1. The Kier molecular flexibility index (Phi) is 5.16. The van der Waals surface area contributed by atoms with E-state index < -0.39 is 11.9 Å². The van der Waals surface area contributed by atoms with E-state index in [1.165, 1.54) is 5.56 Å². The predicted octanol–water partition coefficient (Wildman–Crippen LogP) is 2.62. The number of carboxylic acid groups (broad SMARTS) is 1. The molecule has 1 atom stereocenters. The van der Waals surface area contributed by atoms with Crippen molar-refractivity contribution in [2.45, 2.75) is 33.2 Å². The topological polar surface area (TPSA) is 49.3 Å². The fraction of sp³-hybridized carbons (Fsp3) is 0.500. The van der Waals surface area contributed by atoms with Gasteiger partial charge in [0, 0.05) is 6.54 Å². The molecule has 94 valence electrons. The molecule has 3 nitrogen and oxygen atoms in total. The van der Waals surface area contributed by atoms with Gasteiger partial charge in [-0.2, -0.15) is 0 Å². The molecule has 0 aliphatic heterocycles. The van der Waals surface area contributed by atoms with Crippen molar-refractivity contribution in [2.24, 2.45) is 5.92 Å². The summed E-state index contributed by atoms with van der Waals surface area (Å²) in [6.07, 6.45) is 0. The average Bonchev–Trinajstić information content (AvgIpc) is 2.28. The van der Waals surface area contributed by atoms with Gasteiger partial charge in [0.15, 0.2) is 0 Å². The van der Waals surface area contributed by atoms with Crippen LogP contribution in [0.1, 0.15) is 37.8 Å². The third-order valence-electron chi connectivity index (χ3n) is 2.73. The highest BCUT2D eigenvalue weighted by atomic mass is 16.4. The largest absolute Gasteiger partial charge is 0.481 e. The number of aliphatic carboxylic acids is 1. The maximum atomic E-state index is 10.8. The maximum Gasteiger partial charge on any atom is 0.310 e. The minimum atomic E-state index is -0.782. The van der Waals surface area contributed by atoms with Gasteiger partial charge in [0.1, 0.15) is 0 Å². The molecule has 0 heterocycles. The number of hydrogen-bond acceptors (Lipinski definition) is 2. The summed E-state index contributed by atoms with van der Waals surface area (Å²) in [6, 6.07) is 7.76. The number of benzene rings is 1. The normalized spacial score (nSPS) is 12.7. The van der Waals surface area contributed by atoms with Crippen molar-refractivity contribution >= 4 is 5.97 Å². The second-order valence-corrected chi connectivity index (χ2v) is 4.83. The summed E-state index contributed by atoms with van der Waals surface area (Å²) < 4.78 is 0. The molecule has 1 unspecified atom stereocenters. The molecule has 0 spiro atoms. The molecule has 3 heteroatoms. The Morgan fingerprint density at radius 3 is 2.29 bits per heavy atom. The second-order valence-electron chi connectivity index (χ2n) is 4.83. The van der Waals surface area contributed by atoms with Crippen LogP contribution < -0.4 is 5.32 Å². The predicted molar refractivity (Wildman–Crippen MR) is 69.0 cm³/mol. The lowest BCUT2D eigenvalue weighted by molar-refractivity contribution is -0.138. The minimum Gasteiger partial charge on any atom is -0.481 e. The highest BCUT2D eigenvalue weighted by Crippen LogP contribution is 2.15. The van der Waals surface area contributed by atoms with E-state index in [4.69, 9.17) is 5.11 Å². The van der Waals surface area contributed by atoms with Gasteiger partial charge in [-0.3, -0.25) is 4.79 Å². The van der Waals surface area contributed by atoms with Crippen LogP contribution >= 0.6 is 0 Å². The van der Waals surface area contributed by atoms with Crippen LogP contribution in [-0.2, 0) is 11.3 Å². The summed E-state index contributed by atoms with van der Waals surface area (Å²) in [5.74, 6) is -0.579. The lowest BCUT2D eigenvalue weighted by atomic mass is 10.00. The van der Waals surface area contributed by atoms with Gasteiger partial charge in [-0.05, 0) is 30.5 Å². The van der Waals surface area contributed by atoms with Crippen LogP contribution in [0.25, 0.3) is 0 Å². The Hall–Kier alpha value is -1.35. The minimum absolute atomic E-state index is 0.437. The zero-order valence-corrected chi connectivity index (χ0v) is 10.7. The molecule has 0 fully saturated rings.